The first-order valence-electron chi connectivity index (χ1n) is 9.78. The van der Waals surface area contributed by atoms with Gasteiger partial charge in [0, 0.05) is 31.2 Å². The van der Waals surface area contributed by atoms with Crippen LogP contribution >= 0.6 is 0 Å². The predicted octanol–water partition coefficient (Wildman–Crippen LogP) is 1.18. The summed E-state index contributed by atoms with van der Waals surface area (Å²) in [4.78, 5) is 41.7. The number of nitrogens with zero attached hydrogens (tertiary/aromatic N) is 3. The van der Waals surface area contributed by atoms with Crippen LogP contribution in [0.1, 0.15) is 66.0 Å². The first-order valence-corrected chi connectivity index (χ1v) is 9.78. The molecule has 4 rings (SSSR count). The van der Waals surface area contributed by atoms with E-state index in [1.165, 1.54) is 0 Å². The lowest BCUT2D eigenvalue weighted by molar-refractivity contribution is 0.0708. The molecule has 0 unspecified atom stereocenters. The van der Waals surface area contributed by atoms with Crippen LogP contribution in [-0.2, 0) is 19.4 Å². The van der Waals surface area contributed by atoms with E-state index in [1.54, 1.807) is 15.5 Å². The number of fused-ring (bicyclic) bond motifs is 1. The standard InChI is InChI=1S/C19H25N5O3/c1-2-24-16(21-22-19(24)27)12-7-9-23(10-8-12)18(26)14-11-13-5-3-4-6-15(13)20-17(14)25/h11-12H,2-10H2,1H3,(H,20,25)(H,22,27). The van der Waals surface area contributed by atoms with Crippen LogP contribution in [-0.4, -0.2) is 43.6 Å². The number of aryl methyl sites for hydroxylation is 2. The molecule has 1 aliphatic carbocycles. The van der Waals surface area contributed by atoms with E-state index in [9.17, 15) is 14.4 Å². The van der Waals surface area contributed by atoms with Crippen molar-refractivity contribution in [1.82, 2.24) is 24.6 Å². The fraction of sp³-hybridized carbons (Fsp3) is 0.579. The molecule has 0 bridgehead atoms. The summed E-state index contributed by atoms with van der Waals surface area (Å²) in [5.41, 5.74) is 1.86. The monoisotopic (exact) mass is 371 g/mol. The van der Waals surface area contributed by atoms with Gasteiger partial charge >= 0.3 is 5.69 Å². The Hall–Kier alpha value is -2.64. The molecule has 0 atom stereocenters. The maximum atomic E-state index is 12.9. The second-order valence-electron chi connectivity index (χ2n) is 7.42. The van der Waals surface area contributed by atoms with E-state index in [-0.39, 0.29) is 28.6 Å². The summed E-state index contributed by atoms with van der Waals surface area (Å²) in [5.74, 6) is 0.717. The molecule has 2 aliphatic rings. The lowest BCUT2D eigenvalue weighted by atomic mass is 9.93. The van der Waals surface area contributed by atoms with E-state index in [2.05, 4.69) is 15.2 Å². The van der Waals surface area contributed by atoms with Gasteiger partial charge in [0.2, 0.25) is 0 Å². The van der Waals surface area contributed by atoms with Crippen LogP contribution in [0.5, 0.6) is 0 Å². The molecule has 0 radical (unpaired) electrons. The highest BCUT2D eigenvalue weighted by atomic mass is 16.2. The van der Waals surface area contributed by atoms with Crippen molar-refractivity contribution in [2.75, 3.05) is 13.1 Å². The number of rotatable bonds is 3. The fourth-order valence-electron chi connectivity index (χ4n) is 4.29. The van der Waals surface area contributed by atoms with E-state index in [0.717, 1.165) is 55.6 Å². The lowest BCUT2D eigenvalue weighted by Crippen LogP contribution is -2.41. The molecule has 27 heavy (non-hydrogen) atoms. The second kappa shape index (κ2) is 7.17. The molecule has 8 nitrogen and oxygen atoms in total. The van der Waals surface area contributed by atoms with Gasteiger partial charge in [-0.1, -0.05) is 0 Å². The molecular weight excluding hydrogens is 346 g/mol. The van der Waals surface area contributed by atoms with Gasteiger partial charge in [-0.15, -0.1) is 0 Å². The first-order chi connectivity index (χ1) is 13.1. The Bertz CT molecular complexity index is 962. The number of carbonyl (C=O) groups excluding carboxylic acids is 1. The van der Waals surface area contributed by atoms with Crippen molar-refractivity contribution in [3.05, 3.63) is 49.5 Å². The number of pyridine rings is 1. The van der Waals surface area contributed by atoms with Gasteiger partial charge in [0.25, 0.3) is 11.5 Å². The van der Waals surface area contributed by atoms with Crippen molar-refractivity contribution in [3.8, 4) is 0 Å². The van der Waals surface area contributed by atoms with Gasteiger partial charge in [0.15, 0.2) is 0 Å². The van der Waals surface area contributed by atoms with Crippen molar-refractivity contribution in [2.24, 2.45) is 0 Å². The number of piperidine rings is 1. The normalized spacial score (nSPS) is 17.7. The Morgan fingerprint density at radius 3 is 2.70 bits per heavy atom. The minimum Gasteiger partial charge on any atom is -0.338 e. The highest BCUT2D eigenvalue weighted by Gasteiger charge is 2.29. The number of aromatic amines is 2. The van der Waals surface area contributed by atoms with Gasteiger partial charge in [-0.25, -0.2) is 9.89 Å². The Kier molecular flexibility index (Phi) is 4.72. The summed E-state index contributed by atoms with van der Waals surface area (Å²) in [7, 11) is 0. The molecule has 3 heterocycles. The summed E-state index contributed by atoms with van der Waals surface area (Å²) in [6.07, 6.45) is 5.45. The maximum absolute atomic E-state index is 12.9. The van der Waals surface area contributed by atoms with Crippen LogP contribution in [0.4, 0.5) is 0 Å². The topological polar surface area (TPSA) is 104 Å². The molecule has 1 saturated heterocycles. The Morgan fingerprint density at radius 2 is 1.96 bits per heavy atom. The third-order valence-electron chi connectivity index (χ3n) is 5.82. The summed E-state index contributed by atoms with van der Waals surface area (Å²) >= 11 is 0. The van der Waals surface area contributed by atoms with E-state index < -0.39 is 0 Å². The second-order valence-corrected chi connectivity index (χ2v) is 7.42. The zero-order valence-corrected chi connectivity index (χ0v) is 15.6. The quantitative estimate of drug-likeness (QED) is 0.845. The number of H-pyrrole nitrogens is 2. The highest BCUT2D eigenvalue weighted by Crippen LogP contribution is 2.27. The molecule has 8 heteroatoms. The van der Waals surface area contributed by atoms with Crippen molar-refractivity contribution >= 4 is 5.91 Å². The molecule has 0 spiro atoms. The average molecular weight is 371 g/mol. The number of nitrogens with one attached hydrogen (secondary N) is 2. The largest absolute Gasteiger partial charge is 0.343 e. The van der Waals surface area contributed by atoms with Crippen LogP contribution in [0.3, 0.4) is 0 Å². The van der Waals surface area contributed by atoms with Crippen LogP contribution in [0.25, 0.3) is 0 Å². The van der Waals surface area contributed by atoms with E-state index >= 15 is 0 Å². The molecule has 144 valence electrons. The molecule has 1 aliphatic heterocycles. The van der Waals surface area contributed by atoms with Crippen molar-refractivity contribution in [1.29, 1.82) is 0 Å². The smallest absolute Gasteiger partial charge is 0.338 e. The third-order valence-corrected chi connectivity index (χ3v) is 5.82. The number of aromatic nitrogens is 4. The van der Waals surface area contributed by atoms with Crippen LogP contribution in [0.15, 0.2) is 15.7 Å². The average Bonchev–Trinajstić information content (AvgIpc) is 3.07. The van der Waals surface area contributed by atoms with Crippen molar-refractivity contribution in [3.63, 3.8) is 0 Å². The van der Waals surface area contributed by atoms with Crippen LogP contribution in [0, 0.1) is 0 Å². The van der Waals surface area contributed by atoms with Crippen molar-refractivity contribution in [2.45, 2.75) is 57.9 Å². The number of hydrogen-bond acceptors (Lipinski definition) is 4. The van der Waals surface area contributed by atoms with Gasteiger partial charge in [-0.3, -0.25) is 14.2 Å². The number of amides is 1. The molecule has 2 aromatic heterocycles. The maximum Gasteiger partial charge on any atom is 0.343 e. The van der Waals surface area contributed by atoms with Gasteiger partial charge < -0.3 is 9.88 Å². The molecule has 0 aromatic carbocycles. The van der Waals surface area contributed by atoms with E-state index in [4.69, 9.17) is 0 Å². The Morgan fingerprint density at radius 1 is 1.22 bits per heavy atom. The third kappa shape index (κ3) is 3.24. The van der Waals surface area contributed by atoms with Crippen LogP contribution < -0.4 is 11.2 Å². The zero-order chi connectivity index (χ0) is 19.0. The summed E-state index contributed by atoms with van der Waals surface area (Å²) < 4.78 is 1.65. The van der Waals surface area contributed by atoms with Gasteiger partial charge in [0.1, 0.15) is 11.4 Å². The molecule has 2 N–H and O–H groups in total. The SMILES string of the molecule is CCn1c(C2CCN(C(=O)c3cc4c([nH]c3=O)CCCC4)CC2)n[nH]c1=O. The molecule has 0 saturated carbocycles. The number of hydrogen-bond donors (Lipinski definition) is 2. The highest BCUT2D eigenvalue weighted by molar-refractivity contribution is 5.94. The zero-order valence-electron chi connectivity index (χ0n) is 15.6. The minimum atomic E-state index is -0.283. The summed E-state index contributed by atoms with van der Waals surface area (Å²) in [5, 5.41) is 6.68. The molecule has 1 fully saturated rings. The molecule has 1 amide bonds. The van der Waals surface area contributed by atoms with Gasteiger partial charge in [0.05, 0.1) is 0 Å². The molecule has 2 aromatic rings. The van der Waals surface area contributed by atoms with Crippen LogP contribution in [0.2, 0.25) is 0 Å². The van der Waals surface area contributed by atoms with E-state index in [0.29, 0.717) is 19.6 Å². The number of carbonyl (C=O) groups is 1. The van der Waals surface area contributed by atoms with Crippen molar-refractivity contribution < 1.29 is 4.79 Å². The Balaban J connectivity index is 1.49. The summed E-state index contributed by atoms with van der Waals surface area (Å²) in [6.45, 7) is 3.62. The van der Waals surface area contributed by atoms with Gasteiger partial charge in [-0.05, 0) is 57.1 Å². The van der Waals surface area contributed by atoms with Gasteiger partial charge in [-0.2, -0.15) is 5.10 Å². The first kappa shape index (κ1) is 17.8. The molecular formula is C19H25N5O3. The minimum absolute atomic E-state index is 0.148. The summed E-state index contributed by atoms with van der Waals surface area (Å²) in [6, 6.07) is 1.80. The lowest BCUT2D eigenvalue weighted by Gasteiger charge is -2.31. The van der Waals surface area contributed by atoms with E-state index in [1.807, 2.05) is 6.92 Å². The number of likely N-dealkylation sites (tertiary alicyclic amines) is 1. The predicted molar refractivity (Wildman–Crippen MR) is 100 cm³/mol. The fourth-order valence-corrected chi connectivity index (χ4v) is 4.29. The Labute approximate surface area is 156 Å².